The Morgan fingerprint density at radius 2 is 1.55 bits per heavy atom. The first kappa shape index (κ1) is 21.2. The number of carbonyl (C=O) groups is 1. The normalized spacial score (nSPS) is 14.9. The van der Waals surface area contributed by atoms with Crippen molar-refractivity contribution in [3.8, 4) is 5.75 Å². The standard InChI is InChI=1S/C22H28N2O4S/c1-17-13-18(2)15-19(14-17)23-29(26,27)21-9-7-20(8-10-21)28-16-22(25)24-11-5-3-4-6-12-24/h7-10,13-15,23H,3-6,11-12,16H2,1-2H3. The number of nitrogens with one attached hydrogen (secondary N) is 1. The smallest absolute Gasteiger partial charge is 0.261 e. The average molecular weight is 417 g/mol. The molecule has 0 unspecified atom stereocenters. The lowest BCUT2D eigenvalue weighted by molar-refractivity contribution is -0.133. The molecule has 1 heterocycles. The van der Waals surface area contributed by atoms with Crippen LogP contribution in [0.1, 0.15) is 36.8 Å². The van der Waals surface area contributed by atoms with Crippen molar-refractivity contribution in [2.24, 2.45) is 0 Å². The molecule has 1 N–H and O–H groups in total. The van der Waals surface area contributed by atoms with E-state index in [0.29, 0.717) is 11.4 Å². The van der Waals surface area contributed by atoms with Crippen molar-refractivity contribution in [2.45, 2.75) is 44.4 Å². The Hall–Kier alpha value is -2.54. The van der Waals surface area contributed by atoms with Crippen molar-refractivity contribution < 1.29 is 17.9 Å². The zero-order valence-corrected chi connectivity index (χ0v) is 17.8. The fraction of sp³-hybridized carbons (Fsp3) is 0.409. The van der Waals surface area contributed by atoms with Crippen molar-refractivity contribution in [1.82, 2.24) is 4.90 Å². The summed E-state index contributed by atoms with van der Waals surface area (Å²) in [5, 5.41) is 0. The number of nitrogens with zero attached hydrogens (tertiary/aromatic N) is 1. The van der Waals surface area contributed by atoms with Gasteiger partial charge in [0.1, 0.15) is 5.75 Å². The second-order valence-electron chi connectivity index (χ2n) is 7.54. The molecule has 0 radical (unpaired) electrons. The Balaban J connectivity index is 1.60. The third-order valence-electron chi connectivity index (χ3n) is 4.93. The third-order valence-corrected chi connectivity index (χ3v) is 6.33. The predicted octanol–water partition coefficient (Wildman–Crippen LogP) is 3.89. The van der Waals surface area contributed by atoms with E-state index in [9.17, 15) is 13.2 Å². The van der Waals surface area contributed by atoms with E-state index in [1.807, 2.05) is 24.8 Å². The highest BCUT2D eigenvalue weighted by Crippen LogP contribution is 2.21. The Kier molecular flexibility index (Phi) is 6.79. The molecular weight excluding hydrogens is 388 g/mol. The van der Waals surface area contributed by atoms with Crippen LogP contribution in [0.5, 0.6) is 5.75 Å². The molecule has 0 atom stereocenters. The van der Waals surface area contributed by atoms with Gasteiger partial charge >= 0.3 is 0 Å². The molecule has 1 fully saturated rings. The summed E-state index contributed by atoms with van der Waals surface area (Å²) >= 11 is 0. The van der Waals surface area contributed by atoms with Crippen LogP contribution in [0.3, 0.4) is 0 Å². The fourth-order valence-electron chi connectivity index (χ4n) is 3.52. The number of ether oxygens (including phenoxy) is 1. The molecule has 2 aromatic rings. The summed E-state index contributed by atoms with van der Waals surface area (Å²) < 4.78 is 33.4. The van der Waals surface area contributed by atoms with Gasteiger partial charge in [-0.15, -0.1) is 0 Å². The van der Waals surface area contributed by atoms with Gasteiger partial charge in [0.2, 0.25) is 0 Å². The van der Waals surface area contributed by atoms with Crippen LogP contribution >= 0.6 is 0 Å². The zero-order chi connectivity index (χ0) is 20.9. The van der Waals surface area contributed by atoms with Crippen molar-refractivity contribution in [2.75, 3.05) is 24.4 Å². The molecule has 0 bridgehead atoms. The molecule has 1 saturated heterocycles. The van der Waals surface area contributed by atoms with E-state index in [-0.39, 0.29) is 17.4 Å². The van der Waals surface area contributed by atoms with Gasteiger partial charge in [-0.2, -0.15) is 0 Å². The number of aryl methyl sites for hydroxylation is 2. The maximum absolute atomic E-state index is 12.6. The summed E-state index contributed by atoms with van der Waals surface area (Å²) in [5.41, 5.74) is 2.51. The lowest BCUT2D eigenvalue weighted by Gasteiger charge is -2.20. The summed E-state index contributed by atoms with van der Waals surface area (Å²) in [5.74, 6) is 0.443. The van der Waals surface area contributed by atoms with E-state index in [2.05, 4.69) is 4.72 Å². The predicted molar refractivity (Wildman–Crippen MR) is 114 cm³/mol. The number of hydrogen-bond donors (Lipinski definition) is 1. The molecule has 1 amide bonds. The maximum Gasteiger partial charge on any atom is 0.261 e. The Labute approximate surface area is 172 Å². The van der Waals surface area contributed by atoms with Gasteiger partial charge in [-0.05, 0) is 74.2 Å². The monoisotopic (exact) mass is 416 g/mol. The molecular formula is C22H28N2O4S. The van der Waals surface area contributed by atoms with Gasteiger partial charge < -0.3 is 9.64 Å². The molecule has 0 saturated carbocycles. The average Bonchev–Trinajstić information content (AvgIpc) is 2.95. The molecule has 7 heteroatoms. The molecule has 1 aliphatic heterocycles. The van der Waals surface area contributed by atoms with Gasteiger partial charge in [-0.3, -0.25) is 9.52 Å². The molecule has 3 rings (SSSR count). The SMILES string of the molecule is Cc1cc(C)cc(NS(=O)(=O)c2ccc(OCC(=O)N3CCCCCC3)cc2)c1. The minimum absolute atomic E-state index is 0.0277. The lowest BCUT2D eigenvalue weighted by atomic mass is 10.1. The zero-order valence-electron chi connectivity index (χ0n) is 17.0. The van der Waals surface area contributed by atoms with Crippen LogP contribution in [0.15, 0.2) is 47.4 Å². The summed E-state index contributed by atoms with van der Waals surface area (Å²) in [7, 11) is -3.70. The number of rotatable bonds is 6. The number of hydrogen-bond acceptors (Lipinski definition) is 4. The van der Waals surface area contributed by atoms with E-state index < -0.39 is 10.0 Å². The van der Waals surface area contributed by atoms with E-state index in [1.54, 1.807) is 24.3 Å². The van der Waals surface area contributed by atoms with Crippen molar-refractivity contribution in [3.63, 3.8) is 0 Å². The second kappa shape index (κ2) is 9.31. The number of carbonyl (C=O) groups excluding carboxylic acids is 1. The highest BCUT2D eigenvalue weighted by molar-refractivity contribution is 7.92. The number of benzene rings is 2. The van der Waals surface area contributed by atoms with Crippen LogP contribution in [-0.4, -0.2) is 38.9 Å². The van der Waals surface area contributed by atoms with Gasteiger partial charge in [0.05, 0.1) is 4.90 Å². The quantitative estimate of drug-likeness (QED) is 0.775. The van der Waals surface area contributed by atoms with Crippen molar-refractivity contribution in [3.05, 3.63) is 53.6 Å². The minimum Gasteiger partial charge on any atom is -0.484 e. The molecule has 0 aliphatic carbocycles. The van der Waals surface area contributed by atoms with Crippen LogP contribution < -0.4 is 9.46 Å². The molecule has 1 aliphatic rings. The second-order valence-corrected chi connectivity index (χ2v) is 9.22. The molecule has 156 valence electrons. The molecule has 0 aromatic heterocycles. The van der Waals surface area contributed by atoms with E-state index >= 15 is 0 Å². The number of likely N-dealkylation sites (tertiary alicyclic amines) is 1. The molecule has 29 heavy (non-hydrogen) atoms. The van der Waals surface area contributed by atoms with Crippen molar-refractivity contribution >= 4 is 21.6 Å². The van der Waals surface area contributed by atoms with Crippen LogP contribution in [0.2, 0.25) is 0 Å². The number of amides is 1. The Bertz CT molecular complexity index is 927. The van der Waals surface area contributed by atoms with Crippen LogP contribution in [0, 0.1) is 13.8 Å². The summed E-state index contributed by atoms with van der Waals surface area (Å²) in [4.78, 5) is 14.3. The fourth-order valence-corrected chi connectivity index (χ4v) is 4.56. The van der Waals surface area contributed by atoms with E-state index in [4.69, 9.17) is 4.74 Å². The first-order valence-corrected chi connectivity index (χ1v) is 11.4. The number of sulfonamides is 1. The highest BCUT2D eigenvalue weighted by atomic mass is 32.2. The first-order chi connectivity index (χ1) is 13.8. The maximum atomic E-state index is 12.6. The van der Waals surface area contributed by atoms with Gasteiger partial charge in [0.15, 0.2) is 6.61 Å². The lowest BCUT2D eigenvalue weighted by Crippen LogP contribution is -2.35. The van der Waals surface area contributed by atoms with Gasteiger partial charge in [0, 0.05) is 18.8 Å². The van der Waals surface area contributed by atoms with E-state index in [0.717, 1.165) is 49.9 Å². The van der Waals surface area contributed by atoms with Crippen LogP contribution in [0.4, 0.5) is 5.69 Å². The first-order valence-electron chi connectivity index (χ1n) is 9.95. The summed E-state index contributed by atoms with van der Waals surface area (Å²) in [6.45, 7) is 5.37. The van der Waals surface area contributed by atoms with Crippen molar-refractivity contribution in [1.29, 1.82) is 0 Å². The van der Waals surface area contributed by atoms with E-state index in [1.165, 1.54) is 12.1 Å². The largest absolute Gasteiger partial charge is 0.484 e. The number of anilines is 1. The summed E-state index contributed by atoms with van der Waals surface area (Å²) in [6.07, 6.45) is 4.39. The van der Waals surface area contributed by atoms with Gasteiger partial charge in [-0.1, -0.05) is 18.9 Å². The van der Waals surface area contributed by atoms with Crippen LogP contribution in [-0.2, 0) is 14.8 Å². The topological polar surface area (TPSA) is 75.7 Å². The Morgan fingerprint density at radius 1 is 0.966 bits per heavy atom. The van der Waals surface area contributed by atoms with Gasteiger partial charge in [-0.25, -0.2) is 8.42 Å². The minimum atomic E-state index is -3.70. The Morgan fingerprint density at radius 3 is 2.14 bits per heavy atom. The van der Waals surface area contributed by atoms with Crippen LogP contribution in [0.25, 0.3) is 0 Å². The summed E-state index contributed by atoms with van der Waals surface area (Å²) in [6, 6.07) is 11.7. The molecule has 2 aromatic carbocycles. The third kappa shape index (κ3) is 5.97. The molecule has 6 nitrogen and oxygen atoms in total. The van der Waals surface area contributed by atoms with Gasteiger partial charge in [0.25, 0.3) is 15.9 Å². The highest BCUT2D eigenvalue weighted by Gasteiger charge is 2.17. The molecule has 0 spiro atoms.